The molecule has 1 aliphatic heterocycles. The van der Waals surface area contributed by atoms with Gasteiger partial charge in [0.05, 0.1) is 12.1 Å². The molecule has 2 aromatic heterocycles. The normalized spacial score (nSPS) is 17.0. The van der Waals surface area contributed by atoms with Crippen LogP contribution in [0.2, 0.25) is 0 Å². The van der Waals surface area contributed by atoms with Crippen molar-refractivity contribution >= 4 is 17.4 Å². The Morgan fingerprint density at radius 2 is 2.03 bits per heavy atom. The fourth-order valence-corrected chi connectivity index (χ4v) is 3.96. The summed E-state index contributed by atoms with van der Waals surface area (Å²) in [6, 6.07) is 13.9. The third kappa shape index (κ3) is 4.32. The second kappa shape index (κ2) is 8.89. The van der Waals surface area contributed by atoms with Crippen molar-refractivity contribution < 1.29 is 13.6 Å². The molecule has 0 saturated carbocycles. The van der Waals surface area contributed by atoms with E-state index in [4.69, 9.17) is 4.42 Å². The average Bonchev–Trinajstić information content (AvgIpc) is 3.48. The van der Waals surface area contributed by atoms with E-state index in [0.29, 0.717) is 12.3 Å². The lowest BCUT2D eigenvalue weighted by Crippen LogP contribution is -2.30. The Labute approximate surface area is 181 Å². The second-order valence-corrected chi connectivity index (χ2v) is 7.85. The first-order valence-electron chi connectivity index (χ1n) is 10.5. The van der Waals surface area contributed by atoms with Gasteiger partial charge in [0.2, 0.25) is 0 Å². The van der Waals surface area contributed by atoms with E-state index in [9.17, 15) is 9.18 Å². The average molecular weight is 423 g/mol. The Kier molecular flexibility index (Phi) is 6.04. The van der Waals surface area contributed by atoms with Crippen LogP contribution >= 0.6 is 0 Å². The summed E-state index contributed by atoms with van der Waals surface area (Å²) in [5.74, 6) is 1.48. The largest absolute Gasteiger partial charge is 0.454 e. The summed E-state index contributed by atoms with van der Waals surface area (Å²) < 4.78 is 19.1. The fourth-order valence-electron chi connectivity index (χ4n) is 3.96. The van der Waals surface area contributed by atoms with E-state index in [1.165, 1.54) is 12.1 Å². The van der Waals surface area contributed by atoms with Crippen LogP contribution in [-0.2, 0) is 0 Å². The molecule has 3 heterocycles. The summed E-state index contributed by atoms with van der Waals surface area (Å²) >= 11 is 0. The minimum atomic E-state index is -0.274. The molecule has 1 aliphatic rings. The highest BCUT2D eigenvalue weighted by Gasteiger charge is 2.32. The van der Waals surface area contributed by atoms with Crippen molar-refractivity contribution in [2.75, 3.05) is 25.5 Å². The summed E-state index contributed by atoms with van der Waals surface area (Å²) in [5.41, 5.74) is 1.87. The van der Waals surface area contributed by atoms with Crippen molar-refractivity contribution in [2.45, 2.75) is 31.8 Å². The lowest BCUT2D eigenvalue weighted by Gasteiger charge is -2.26. The monoisotopic (exact) mass is 422 g/mol. The number of nitrogens with zero attached hydrogens (tertiary/aromatic N) is 3. The van der Waals surface area contributed by atoms with Crippen molar-refractivity contribution in [3.05, 3.63) is 77.6 Å². The predicted octanol–water partition coefficient (Wildman–Crippen LogP) is 4.84. The van der Waals surface area contributed by atoms with Gasteiger partial charge < -0.3 is 19.5 Å². The highest BCUT2D eigenvalue weighted by atomic mass is 19.1. The van der Waals surface area contributed by atoms with Crippen LogP contribution < -0.4 is 10.2 Å². The lowest BCUT2D eigenvalue weighted by molar-refractivity contribution is 0.0700. The number of aromatic nitrogens is 1. The number of nitrogens with one attached hydrogen (secondary N) is 1. The predicted molar refractivity (Wildman–Crippen MR) is 118 cm³/mol. The highest BCUT2D eigenvalue weighted by Crippen LogP contribution is 2.35. The first-order chi connectivity index (χ1) is 15.0. The molecule has 2 unspecified atom stereocenters. The molecule has 1 N–H and O–H groups in total. The van der Waals surface area contributed by atoms with Gasteiger partial charge in [-0.3, -0.25) is 4.79 Å². The Balaban J connectivity index is 1.56. The Morgan fingerprint density at radius 3 is 2.77 bits per heavy atom. The van der Waals surface area contributed by atoms with E-state index < -0.39 is 0 Å². The number of hydrogen-bond acceptors (Lipinski definition) is 5. The lowest BCUT2D eigenvalue weighted by atomic mass is 10.1. The van der Waals surface area contributed by atoms with Crippen molar-refractivity contribution in [1.82, 2.24) is 15.2 Å². The minimum Gasteiger partial charge on any atom is -0.454 e. The first-order valence-corrected chi connectivity index (χ1v) is 10.5. The zero-order chi connectivity index (χ0) is 22.0. The maximum absolute atomic E-state index is 13.3. The number of likely N-dealkylation sites (tertiary alicyclic amines) is 1. The van der Waals surface area contributed by atoms with Gasteiger partial charge in [-0.1, -0.05) is 0 Å². The number of hydrogen-bond donors (Lipinski definition) is 1. The second-order valence-electron chi connectivity index (χ2n) is 7.85. The van der Waals surface area contributed by atoms with Crippen molar-refractivity contribution in [3.8, 4) is 0 Å². The number of pyridine rings is 1. The van der Waals surface area contributed by atoms with Gasteiger partial charge in [-0.2, -0.15) is 0 Å². The molecule has 162 valence electrons. The molecule has 1 saturated heterocycles. The SMILES string of the molecule is CNC(C)c1ccc(C(=O)N2CCCC2c2ccnc(N(C)c3ccc(F)cc3)c2)o1. The highest BCUT2D eigenvalue weighted by molar-refractivity contribution is 5.92. The number of halogens is 1. The van der Waals surface area contributed by atoms with Crippen LogP contribution in [0.15, 0.2) is 59.1 Å². The number of furan rings is 1. The van der Waals surface area contributed by atoms with Crippen LogP contribution in [0.5, 0.6) is 0 Å². The standard InChI is InChI=1S/C24H27FN4O2/c1-16(26-2)21-10-11-22(31-21)24(30)29-14-4-5-20(29)17-12-13-27-23(15-17)28(3)19-8-6-18(25)7-9-19/h6-13,15-16,20,26H,4-5,14H2,1-3H3. The molecule has 0 spiro atoms. The third-order valence-corrected chi connectivity index (χ3v) is 5.92. The van der Waals surface area contributed by atoms with E-state index in [1.807, 2.05) is 49.0 Å². The van der Waals surface area contributed by atoms with E-state index in [1.54, 1.807) is 24.4 Å². The minimum absolute atomic E-state index is 0.0360. The van der Waals surface area contributed by atoms with Crippen LogP contribution in [0.3, 0.4) is 0 Å². The fraction of sp³-hybridized carbons (Fsp3) is 0.333. The summed E-state index contributed by atoms with van der Waals surface area (Å²) in [6.45, 7) is 2.68. The van der Waals surface area contributed by atoms with E-state index in [2.05, 4.69) is 10.3 Å². The van der Waals surface area contributed by atoms with Gasteiger partial charge in [0.1, 0.15) is 17.4 Å². The summed E-state index contributed by atoms with van der Waals surface area (Å²) in [7, 11) is 3.75. The molecule has 1 fully saturated rings. The molecule has 1 aromatic carbocycles. The number of benzene rings is 1. The topological polar surface area (TPSA) is 61.6 Å². The van der Waals surface area contributed by atoms with Gasteiger partial charge in [-0.15, -0.1) is 0 Å². The number of anilines is 2. The number of amides is 1. The van der Waals surface area contributed by atoms with Gasteiger partial charge in [0, 0.05) is 25.5 Å². The quantitative estimate of drug-likeness (QED) is 0.616. The molecule has 2 atom stereocenters. The molecule has 0 aliphatic carbocycles. The molecule has 4 rings (SSSR count). The van der Waals surface area contributed by atoms with Gasteiger partial charge in [0.25, 0.3) is 5.91 Å². The van der Waals surface area contributed by atoms with Crippen molar-refractivity contribution in [2.24, 2.45) is 0 Å². The van der Waals surface area contributed by atoms with Crippen LogP contribution in [0, 0.1) is 5.82 Å². The molecule has 7 heteroatoms. The van der Waals surface area contributed by atoms with Gasteiger partial charge >= 0.3 is 0 Å². The smallest absolute Gasteiger partial charge is 0.290 e. The number of rotatable bonds is 6. The summed E-state index contributed by atoms with van der Waals surface area (Å²) in [4.78, 5) is 21.4. The maximum Gasteiger partial charge on any atom is 0.290 e. The molecule has 0 radical (unpaired) electrons. The zero-order valence-corrected chi connectivity index (χ0v) is 18.0. The van der Waals surface area contributed by atoms with Gasteiger partial charge in [0.15, 0.2) is 5.76 Å². The summed E-state index contributed by atoms with van der Waals surface area (Å²) in [6.07, 6.45) is 3.57. The molecule has 0 bridgehead atoms. The van der Waals surface area contributed by atoms with Crippen LogP contribution in [0.4, 0.5) is 15.9 Å². The Bertz CT molecular complexity index is 1050. The van der Waals surface area contributed by atoms with Gasteiger partial charge in [-0.05, 0) is 80.9 Å². The molecule has 31 heavy (non-hydrogen) atoms. The van der Waals surface area contributed by atoms with Crippen LogP contribution in [0.1, 0.15) is 53.7 Å². The first kappa shape index (κ1) is 21.1. The molecule has 3 aromatic rings. The number of carbonyl (C=O) groups is 1. The maximum atomic E-state index is 13.3. The number of carbonyl (C=O) groups excluding carboxylic acids is 1. The van der Waals surface area contributed by atoms with E-state index in [-0.39, 0.29) is 23.8 Å². The summed E-state index contributed by atoms with van der Waals surface area (Å²) in [5, 5.41) is 3.12. The van der Waals surface area contributed by atoms with Crippen LogP contribution in [-0.4, -0.2) is 36.4 Å². The van der Waals surface area contributed by atoms with Crippen molar-refractivity contribution in [1.29, 1.82) is 0 Å². The van der Waals surface area contributed by atoms with Crippen molar-refractivity contribution in [3.63, 3.8) is 0 Å². The Morgan fingerprint density at radius 1 is 1.26 bits per heavy atom. The molecule has 1 amide bonds. The van der Waals surface area contributed by atoms with E-state index in [0.717, 1.165) is 35.7 Å². The van der Waals surface area contributed by atoms with Gasteiger partial charge in [-0.25, -0.2) is 9.37 Å². The van der Waals surface area contributed by atoms with Crippen LogP contribution in [0.25, 0.3) is 0 Å². The van der Waals surface area contributed by atoms with E-state index >= 15 is 0 Å². The molecule has 6 nitrogen and oxygen atoms in total. The molecular weight excluding hydrogens is 395 g/mol. The molecular formula is C24H27FN4O2. The Hall–Kier alpha value is -3.19. The third-order valence-electron chi connectivity index (χ3n) is 5.92. The zero-order valence-electron chi connectivity index (χ0n) is 18.0.